The lowest BCUT2D eigenvalue weighted by molar-refractivity contribution is -0.137. The zero-order valence-corrected chi connectivity index (χ0v) is 17.4. The van der Waals surface area contributed by atoms with Crippen LogP contribution in [0.15, 0.2) is 54.9 Å². The van der Waals surface area contributed by atoms with Crippen molar-refractivity contribution in [2.24, 2.45) is 0 Å². The molecular weight excluding hydrogens is 441 g/mol. The number of benzene rings is 1. The van der Waals surface area contributed by atoms with E-state index in [1.807, 2.05) is 33.7 Å². The molecule has 10 heteroatoms. The Morgan fingerprint density at radius 2 is 1.73 bits per heavy atom. The maximum atomic E-state index is 13.5. The molecule has 0 saturated carbocycles. The molecule has 0 unspecified atom stereocenters. The fraction of sp³-hybridized carbons (Fsp3) is 0.304. The first kappa shape index (κ1) is 21.6. The van der Waals surface area contributed by atoms with Crippen LogP contribution < -0.4 is 0 Å². The predicted molar refractivity (Wildman–Crippen MR) is 113 cm³/mol. The summed E-state index contributed by atoms with van der Waals surface area (Å²) in [7, 11) is 0. The van der Waals surface area contributed by atoms with Crippen molar-refractivity contribution < 1.29 is 22.0 Å². The van der Waals surface area contributed by atoms with Crippen molar-refractivity contribution in [3.05, 3.63) is 66.1 Å². The van der Waals surface area contributed by atoms with E-state index < -0.39 is 17.7 Å². The van der Waals surface area contributed by atoms with Gasteiger partial charge in [-0.25, -0.2) is 18.7 Å². The molecule has 1 aliphatic rings. The second kappa shape index (κ2) is 7.95. The van der Waals surface area contributed by atoms with E-state index in [0.29, 0.717) is 42.5 Å². The first-order valence-corrected chi connectivity index (χ1v) is 10.5. The van der Waals surface area contributed by atoms with Gasteiger partial charge in [-0.15, -0.1) is 0 Å². The van der Waals surface area contributed by atoms with Gasteiger partial charge in [-0.2, -0.15) is 13.2 Å². The summed E-state index contributed by atoms with van der Waals surface area (Å²) >= 11 is 0. The number of pyridine rings is 1. The van der Waals surface area contributed by atoms with Gasteiger partial charge in [0.2, 0.25) is 0 Å². The molecule has 0 spiro atoms. The first-order valence-electron chi connectivity index (χ1n) is 10.5. The normalized spacial score (nSPS) is 17.0. The molecule has 0 atom stereocenters. The van der Waals surface area contributed by atoms with Gasteiger partial charge in [0.05, 0.1) is 28.7 Å². The van der Waals surface area contributed by atoms with Crippen molar-refractivity contribution in [3.8, 4) is 22.9 Å². The number of fused-ring (bicyclic) bond motifs is 1. The molecule has 4 heterocycles. The second-order valence-corrected chi connectivity index (χ2v) is 8.19. The van der Waals surface area contributed by atoms with Crippen LogP contribution in [0.5, 0.6) is 0 Å². The molecule has 5 rings (SSSR count). The average Bonchev–Trinajstić information content (AvgIpc) is 3.40. The van der Waals surface area contributed by atoms with E-state index in [2.05, 4.69) is 9.97 Å². The van der Waals surface area contributed by atoms with Crippen LogP contribution in [0, 0.1) is 0 Å². The van der Waals surface area contributed by atoms with Gasteiger partial charge in [0.1, 0.15) is 0 Å². The minimum absolute atomic E-state index is 0.166. The topological polar surface area (TPSA) is 49.2 Å². The fourth-order valence-electron chi connectivity index (χ4n) is 4.06. The molecule has 0 amide bonds. The number of likely N-dealkylation sites (tertiary alicyclic amines) is 1. The summed E-state index contributed by atoms with van der Waals surface area (Å²) < 4.78 is 67.4. The van der Waals surface area contributed by atoms with Crippen LogP contribution in [0.25, 0.3) is 28.4 Å². The van der Waals surface area contributed by atoms with Crippen molar-refractivity contribution >= 4 is 5.52 Å². The number of nitrogens with one attached hydrogen (secondary N) is 1. The second-order valence-electron chi connectivity index (χ2n) is 8.19. The maximum Gasteiger partial charge on any atom is 0.416 e. The summed E-state index contributed by atoms with van der Waals surface area (Å²) in [5.74, 6) is -1.61. The molecular formula is C23H20F5N5. The number of piperidine rings is 1. The molecule has 1 aromatic carbocycles. The van der Waals surface area contributed by atoms with E-state index in [9.17, 15) is 22.0 Å². The third-order valence-corrected chi connectivity index (χ3v) is 5.90. The largest absolute Gasteiger partial charge is 0.416 e. The van der Waals surface area contributed by atoms with E-state index in [1.165, 1.54) is 12.1 Å². The lowest BCUT2D eigenvalue weighted by Gasteiger charge is -2.31. The van der Waals surface area contributed by atoms with Crippen LogP contribution in [0.3, 0.4) is 0 Å². The number of aromatic nitrogens is 4. The van der Waals surface area contributed by atoms with Crippen LogP contribution in [0.1, 0.15) is 24.1 Å². The molecule has 1 N–H and O–H groups in total. The van der Waals surface area contributed by atoms with Gasteiger partial charge in [0.15, 0.2) is 11.6 Å². The zero-order valence-electron chi connectivity index (χ0n) is 17.4. The number of imidazole rings is 2. The van der Waals surface area contributed by atoms with Crippen molar-refractivity contribution in [3.63, 3.8) is 0 Å². The first-order chi connectivity index (χ1) is 15.7. The minimum Gasteiger partial charge on any atom is -0.335 e. The molecule has 1 aliphatic heterocycles. The van der Waals surface area contributed by atoms with Gasteiger partial charge in [-0.05, 0) is 29.8 Å². The highest BCUT2D eigenvalue weighted by Crippen LogP contribution is 2.32. The third-order valence-electron chi connectivity index (χ3n) is 5.90. The number of aromatic amines is 1. The Morgan fingerprint density at radius 3 is 2.42 bits per heavy atom. The fourth-order valence-corrected chi connectivity index (χ4v) is 4.06. The van der Waals surface area contributed by atoms with Gasteiger partial charge in [-0.3, -0.25) is 9.30 Å². The number of nitrogens with zero attached hydrogens (tertiary/aromatic N) is 4. The lowest BCUT2D eigenvalue weighted by Crippen LogP contribution is -2.38. The molecule has 0 bridgehead atoms. The van der Waals surface area contributed by atoms with Crippen molar-refractivity contribution in [1.29, 1.82) is 0 Å². The van der Waals surface area contributed by atoms with Gasteiger partial charge in [0.25, 0.3) is 5.92 Å². The lowest BCUT2D eigenvalue weighted by atomic mass is 10.1. The van der Waals surface area contributed by atoms with Crippen molar-refractivity contribution in [1.82, 2.24) is 24.3 Å². The molecule has 1 saturated heterocycles. The van der Waals surface area contributed by atoms with Gasteiger partial charge >= 0.3 is 6.18 Å². The van der Waals surface area contributed by atoms with Crippen LogP contribution in [0.2, 0.25) is 0 Å². The molecule has 1 fully saturated rings. The van der Waals surface area contributed by atoms with Crippen LogP contribution in [-0.4, -0.2) is 43.3 Å². The molecule has 33 heavy (non-hydrogen) atoms. The highest BCUT2D eigenvalue weighted by molar-refractivity contribution is 5.65. The average molecular weight is 461 g/mol. The Balaban J connectivity index is 1.43. The molecule has 0 aliphatic carbocycles. The number of alkyl halides is 5. The standard InChI is InChI=1S/C23H20F5N5/c24-22(25)8-11-32(12-9-22)14-18-19-3-1-2-10-33(19)21(31-18)20-29-13-17(30-20)15-4-6-16(7-5-15)23(26,27)28/h1-7,10,13H,8-9,11-12,14H2,(H,29,30). The van der Waals surface area contributed by atoms with Crippen molar-refractivity contribution in [2.45, 2.75) is 31.5 Å². The van der Waals surface area contributed by atoms with E-state index in [-0.39, 0.29) is 12.8 Å². The number of H-pyrrole nitrogens is 1. The SMILES string of the molecule is FC1(F)CCN(Cc2nc(-c3ncc(-c4ccc(C(F)(F)F)cc4)[nH]3)n3ccccc23)CC1. The number of hydrogen-bond acceptors (Lipinski definition) is 3. The quantitative estimate of drug-likeness (QED) is 0.400. The predicted octanol–water partition coefficient (Wildman–Crippen LogP) is 5.64. The summed E-state index contributed by atoms with van der Waals surface area (Å²) in [4.78, 5) is 14.2. The Labute approximate surface area is 185 Å². The smallest absolute Gasteiger partial charge is 0.335 e. The summed E-state index contributed by atoms with van der Waals surface area (Å²) in [6, 6.07) is 10.5. The number of halogens is 5. The van der Waals surface area contributed by atoms with Gasteiger partial charge < -0.3 is 4.98 Å². The maximum absolute atomic E-state index is 13.5. The Morgan fingerprint density at radius 1 is 1.00 bits per heavy atom. The third kappa shape index (κ3) is 4.35. The Kier molecular flexibility index (Phi) is 5.19. The van der Waals surface area contributed by atoms with Crippen LogP contribution in [-0.2, 0) is 12.7 Å². The summed E-state index contributed by atoms with van der Waals surface area (Å²) in [5, 5.41) is 0. The highest BCUT2D eigenvalue weighted by atomic mass is 19.4. The van der Waals surface area contributed by atoms with Gasteiger partial charge in [0, 0.05) is 38.7 Å². The minimum atomic E-state index is -4.40. The highest BCUT2D eigenvalue weighted by Gasteiger charge is 2.34. The summed E-state index contributed by atoms with van der Waals surface area (Å²) in [6.45, 7) is 1.04. The van der Waals surface area contributed by atoms with Crippen LogP contribution in [0.4, 0.5) is 22.0 Å². The van der Waals surface area contributed by atoms with Gasteiger partial charge in [-0.1, -0.05) is 18.2 Å². The monoisotopic (exact) mass is 461 g/mol. The van der Waals surface area contributed by atoms with Crippen LogP contribution >= 0.6 is 0 Å². The van der Waals surface area contributed by atoms with E-state index in [1.54, 1.807) is 6.20 Å². The molecule has 4 aromatic rings. The molecule has 0 radical (unpaired) electrons. The molecule has 172 valence electrons. The summed E-state index contributed by atoms with van der Waals surface area (Å²) in [5.41, 5.74) is 2.01. The number of rotatable bonds is 4. The summed E-state index contributed by atoms with van der Waals surface area (Å²) in [6.07, 6.45) is -1.34. The van der Waals surface area contributed by atoms with E-state index in [4.69, 9.17) is 4.98 Å². The van der Waals surface area contributed by atoms with E-state index >= 15 is 0 Å². The zero-order chi connectivity index (χ0) is 23.2. The molecule has 3 aromatic heterocycles. The molecule has 5 nitrogen and oxygen atoms in total. The Hall–Kier alpha value is -3.27. The van der Waals surface area contributed by atoms with E-state index in [0.717, 1.165) is 23.3 Å². The number of hydrogen-bond donors (Lipinski definition) is 1. The van der Waals surface area contributed by atoms with Crippen molar-refractivity contribution in [2.75, 3.05) is 13.1 Å². The Bertz CT molecular complexity index is 1260.